The summed E-state index contributed by atoms with van der Waals surface area (Å²) in [7, 11) is 0. The highest BCUT2D eigenvalue weighted by Gasteiger charge is 2.21. The van der Waals surface area contributed by atoms with Gasteiger partial charge in [-0.1, -0.05) is 31.4 Å². The summed E-state index contributed by atoms with van der Waals surface area (Å²) in [4.78, 5) is 35.0. The lowest BCUT2D eigenvalue weighted by Gasteiger charge is -2.20. The first-order valence-corrected chi connectivity index (χ1v) is 9.94. The lowest BCUT2D eigenvalue weighted by atomic mass is 9.88. The van der Waals surface area contributed by atoms with E-state index < -0.39 is 10.8 Å². The standard InChI is InChI=1S/C22H24N4O4/c1-15(18-8-5-9-20(14-18)26(29)30)24-25-22(28)17-10-12-19(13-11-17)23-21(27)16-6-3-2-4-7-16/h5,8-14,16H,2-4,6-7H2,1H3,(H,23,27)(H,25,28)/b24-15+. The van der Waals surface area contributed by atoms with E-state index >= 15 is 0 Å². The number of benzene rings is 2. The van der Waals surface area contributed by atoms with Crippen LogP contribution < -0.4 is 10.7 Å². The Kier molecular flexibility index (Phi) is 6.90. The van der Waals surface area contributed by atoms with Gasteiger partial charge in [-0.05, 0) is 44.0 Å². The zero-order valence-corrected chi connectivity index (χ0v) is 16.8. The van der Waals surface area contributed by atoms with Crippen molar-refractivity contribution in [2.75, 3.05) is 5.32 Å². The number of nitro benzene ring substituents is 1. The van der Waals surface area contributed by atoms with Crippen LogP contribution in [0, 0.1) is 16.0 Å². The van der Waals surface area contributed by atoms with Gasteiger partial charge in [0.05, 0.1) is 10.6 Å². The van der Waals surface area contributed by atoms with E-state index in [0.717, 1.165) is 25.7 Å². The summed E-state index contributed by atoms with van der Waals surface area (Å²) in [6.07, 6.45) is 5.22. The fourth-order valence-corrected chi connectivity index (χ4v) is 3.42. The summed E-state index contributed by atoms with van der Waals surface area (Å²) in [5.74, 6) is -0.318. The molecule has 1 aliphatic carbocycles. The summed E-state index contributed by atoms with van der Waals surface area (Å²) < 4.78 is 0. The molecule has 8 heteroatoms. The second kappa shape index (κ2) is 9.78. The first kappa shape index (κ1) is 21.2. The van der Waals surface area contributed by atoms with Crippen molar-refractivity contribution in [3.8, 4) is 0 Å². The van der Waals surface area contributed by atoms with Crippen molar-refractivity contribution in [3.63, 3.8) is 0 Å². The van der Waals surface area contributed by atoms with Gasteiger partial charge >= 0.3 is 0 Å². The fourth-order valence-electron chi connectivity index (χ4n) is 3.42. The molecule has 2 aromatic rings. The molecule has 0 unspecified atom stereocenters. The minimum Gasteiger partial charge on any atom is -0.326 e. The molecule has 8 nitrogen and oxygen atoms in total. The van der Waals surface area contributed by atoms with Crippen molar-refractivity contribution < 1.29 is 14.5 Å². The van der Waals surface area contributed by atoms with Crippen LogP contribution >= 0.6 is 0 Å². The molecule has 2 amide bonds. The molecule has 1 saturated carbocycles. The third-order valence-corrected chi connectivity index (χ3v) is 5.19. The molecule has 0 radical (unpaired) electrons. The zero-order valence-electron chi connectivity index (χ0n) is 16.8. The molecule has 0 saturated heterocycles. The van der Waals surface area contributed by atoms with Crippen molar-refractivity contribution in [2.24, 2.45) is 11.0 Å². The van der Waals surface area contributed by atoms with Crippen LogP contribution in [0.2, 0.25) is 0 Å². The molecular formula is C22H24N4O4. The third-order valence-electron chi connectivity index (χ3n) is 5.19. The molecule has 0 atom stereocenters. The fraction of sp³-hybridized carbons (Fsp3) is 0.318. The number of nitrogens with zero attached hydrogens (tertiary/aromatic N) is 2. The van der Waals surface area contributed by atoms with Crippen molar-refractivity contribution >= 4 is 28.9 Å². The van der Waals surface area contributed by atoms with Crippen LogP contribution in [-0.4, -0.2) is 22.4 Å². The van der Waals surface area contributed by atoms with Crippen LogP contribution in [-0.2, 0) is 4.79 Å². The first-order valence-electron chi connectivity index (χ1n) is 9.94. The highest BCUT2D eigenvalue weighted by atomic mass is 16.6. The van der Waals surface area contributed by atoms with Gasteiger partial charge in [0.15, 0.2) is 0 Å². The monoisotopic (exact) mass is 408 g/mol. The van der Waals surface area contributed by atoms with Gasteiger partial charge < -0.3 is 5.32 Å². The summed E-state index contributed by atoms with van der Waals surface area (Å²) in [5, 5.41) is 17.8. The van der Waals surface area contributed by atoms with E-state index in [9.17, 15) is 19.7 Å². The maximum absolute atomic E-state index is 12.3. The van der Waals surface area contributed by atoms with Crippen molar-refractivity contribution in [3.05, 3.63) is 69.8 Å². The van der Waals surface area contributed by atoms with Gasteiger partial charge in [0.1, 0.15) is 0 Å². The maximum atomic E-state index is 12.3. The van der Waals surface area contributed by atoms with Crippen LogP contribution in [0.5, 0.6) is 0 Å². The minimum atomic E-state index is -0.482. The number of nitrogens with one attached hydrogen (secondary N) is 2. The molecule has 30 heavy (non-hydrogen) atoms. The maximum Gasteiger partial charge on any atom is 0.271 e. The highest BCUT2D eigenvalue weighted by Crippen LogP contribution is 2.25. The molecule has 156 valence electrons. The van der Waals surface area contributed by atoms with Gasteiger partial charge in [-0.25, -0.2) is 5.43 Å². The van der Waals surface area contributed by atoms with Crippen LogP contribution in [0.4, 0.5) is 11.4 Å². The molecule has 2 aromatic carbocycles. The average molecular weight is 408 g/mol. The molecular weight excluding hydrogens is 384 g/mol. The molecule has 0 aliphatic heterocycles. The van der Waals surface area contributed by atoms with Crippen molar-refractivity contribution in [2.45, 2.75) is 39.0 Å². The predicted molar refractivity (Wildman–Crippen MR) is 114 cm³/mol. The second-order valence-electron chi connectivity index (χ2n) is 7.35. The van der Waals surface area contributed by atoms with Crippen LogP contribution in [0.1, 0.15) is 54.9 Å². The molecule has 2 N–H and O–H groups in total. The molecule has 0 aromatic heterocycles. The number of anilines is 1. The largest absolute Gasteiger partial charge is 0.326 e. The van der Waals surface area contributed by atoms with Gasteiger partial charge in [-0.15, -0.1) is 0 Å². The number of nitro groups is 1. The summed E-state index contributed by atoms with van der Waals surface area (Å²) in [6, 6.07) is 12.6. The Bertz CT molecular complexity index is 963. The smallest absolute Gasteiger partial charge is 0.271 e. The van der Waals surface area contributed by atoms with Gasteiger partial charge in [-0.3, -0.25) is 19.7 Å². The Hall–Kier alpha value is -3.55. The summed E-state index contributed by atoms with van der Waals surface area (Å²) in [6.45, 7) is 1.66. The topological polar surface area (TPSA) is 114 Å². The highest BCUT2D eigenvalue weighted by molar-refractivity contribution is 6.01. The quantitative estimate of drug-likeness (QED) is 0.422. The lowest BCUT2D eigenvalue weighted by Crippen LogP contribution is -2.24. The van der Waals surface area contributed by atoms with E-state index in [1.54, 1.807) is 43.3 Å². The first-order chi connectivity index (χ1) is 14.4. The number of carbonyl (C=O) groups excluding carboxylic acids is 2. The zero-order chi connectivity index (χ0) is 21.5. The van der Waals surface area contributed by atoms with E-state index in [2.05, 4.69) is 15.8 Å². The number of hydrazone groups is 1. The second-order valence-corrected chi connectivity index (χ2v) is 7.35. The Balaban J connectivity index is 1.59. The van der Waals surface area contributed by atoms with Crippen molar-refractivity contribution in [1.82, 2.24) is 5.43 Å². The van der Waals surface area contributed by atoms with Gasteiger partial charge in [0, 0.05) is 34.9 Å². The molecule has 0 spiro atoms. The summed E-state index contributed by atoms with van der Waals surface area (Å²) >= 11 is 0. The Morgan fingerprint density at radius 1 is 1.03 bits per heavy atom. The minimum absolute atomic E-state index is 0.0316. The van der Waals surface area contributed by atoms with Crippen LogP contribution in [0.3, 0.4) is 0 Å². The normalized spacial score (nSPS) is 14.8. The van der Waals surface area contributed by atoms with Gasteiger partial charge in [0.2, 0.25) is 5.91 Å². The van der Waals surface area contributed by atoms with E-state index in [0.29, 0.717) is 22.5 Å². The van der Waals surface area contributed by atoms with Gasteiger partial charge in [0.25, 0.3) is 11.6 Å². The predicted octanol–water partition coefficient (Wildman–Crippen LogP) is 4.27. The van der Waals surface area contributed by atoms with Crippen LogP contribution in [0.15, 0.2) is 53.6 Å². The molecule has 1 aliphatic rings. The Morgan fingerprint density at radius 2 is 1.73 bits per heavy atom. The number of carbonyl (C=O) groups is 2. The van der Waals surface area contributed by atoms with Crippen molar-refractivity contribution in [1.29, 1.82) is 0 Å². The number of hydrogen-bond acceptors (Lipinski definition) is 5. The number of amides is 2. The molecule has 1 fully saturated rings. The Labute approximate surface area is 174 Å². The number of non-ortho nitro benzene ring substituents is 1. The summed E-state index contributed by atoms with van der Waals surface area (Å²) in [5.41, 5.74) is 4.44. The van der Waals surface area contributed by atoms with Crippen LogP contribution in [0.25, 0.3) is 0 Å². The lowest BCUT2D eigenvalue weighted by molar-refractivity contribution is -0.384. The van der Waals surface area contributed by atoms with E-state index in [-0.39, 0.29) is 17.5 Å². The third kappa shape index (κ3) is 5.50. The molecule has 3 rings (SSSR count). The molecule has 0 bridgehead atoms. The van der Waals surface area contributed by atoms with E-state index in [1.807, 2.05) is 0 Å². The number of rotatable bonds is 6. The van der Waals surface area contributed by atoms with E-state index in [1.165, 1.54) is 18.6 Å². The SMILES string of the molecule is C/C(=N\NC(=O)c1ccc(NC(=O)C2CCCCC2)cc1)c1cccc([N+](=O)[O-])c1. The van der Waals surface area contributed by atoms with E-state index in [4.69, 9.17) is 0 Å². The average Bonchev–Trinajstić information content (AvgIpc) is 2.78. The molecule has 0 heterocycles. The van der Waals surface area contributed by atoms with Gasteiger partial charge in [-0.2, -0.15) is 5.10 Å². The Morgan fingerprint density at radius 3 is 2.40 bits per heavy atom. The number of hydrogen-bond donors (Lipinski definition) is 2.